The molecule has 0 amide bonds. The van der Waals surface area contributed by atoms with Crippen molar-refractivity contribution in [3.8, 4) is 0 Å². The Hall–Kier alpha value is -0.840. The first-order chi connectivity index (χ1) is 6.34. The topological polar surface area (TPSA) is 48.4 Å². The minimum Gasteiger partial charge on any atom is -0.390 e. The number of rotatable bonds is 3. The Morgan fingerprint density at radius 1 is 1.50 bits per heavy atom. The summed E-state index contributed by atoms with van der Waals surface area (Å²) in [6.07, 6.45) is 1.62. The number of aliphatic hydroxyl groups excluding tert-OH is 1. The predicted octanol–water partition coefficient (Wildman–Crippen LogP) is 0.549. The van der Waals surface area contributed by atoms with E-state index < -0.39 is 0 Å². The van der Waals surface area contributed by atoms with Crippen molar-refractivity contribution in [2.24, 2.45) is 0 Å². The molecule has 4 nitrogen and oxygen atoms in total. The number of nitrogens with one attached hydrogen (secondary N) is 1. The number of nitrogens with zero attached hydrogens (tertiary/aromatic N) is 2. The van der Waals surface area contributed by atoms with E-state index in [9.17, 15) is 0 Å². The Balaban J connectivity index is 0.000000980. The number of hydrogen-bond donors (Lipinski definition) is 2. The predicted molar refractivity (Wildman–Crippen MR) is 57.6 cm³/mol. The third-order valence-corrected chi connectivity index (χ3v) is 2.09. The van der Waals surface area contributed by atoms with Gasteiger partial charge in [-0.15, -0.1) is 12.4 Å². The summed E-state index contributed by atoms with van der Waals surface area (Å²) in [6.45, 7) is 2.29. The van der Waals surface area contributed by atoms with Crippen LogP contribution in [0.3, 0.4) is 0 Å². The third-order valence-electron chi connectivity index (χ3n) is 2.09. The molecular weight excluding hydrogens is 202 g/mol. The third kappa shape index (κ3) is 2.83. The van der Waals surface area contributed by atoms with E-state index in [0.29, 0.717) is 0 Å². The molecule has 0 unspecified atom stereocenters. The van der Waals surface area contributed by atoms with Gasteiger partial charge in [0, 0.05) is 19.3 Å². The number of hydrogen-bond acceptors (Lipinski definition) is 4. The quantitative estimate of drug-likeness (QED) is 0.773. The van der Waals surface area contributed by atoms with Crippen molar-refractivity contribution in [2.45, 2.75) is 6.10 Å². The molecule has 0 bridgehead atoms. The van der Waals surface area contributed by atoms with Gasteiger partial charge in [-0.1, -0.05) is 6.07 Å². The second-order valence-corrected chi connectivity index (χ2v) is 3.24. The summed E-state index contributed by atoms with van der Waals surface area (Å²) in [5.41, 5.74) is 0. The lowest BCUT2D eigenvalue weighted by Gasteiger charge is -2.35. The summed E-state index contributed by atoms with van der Waals surface area (Å²) in [6, 6.07) is 5.76. The van der Waals surface area contributed by atoms with E-state index in [4.69, 9.17) is 5.11 Å². The second-order valence-electron chi connectivity index (χ2n) is 3.24. The minimum atomic E-state index is -0.134. The highest BCUT2D eigenvalue weighted by Crippen LogP contribution is 2.07. The molecule has 1 aliphatic heterocycles. The fourth-order valence-corrected chi connectivity index (χ4v) is 1.33. The van der Waals surface area contributed by atoms with Gasteiger partial charge >= 0.3 is 0 Å². The Morgan fingerprint density at radius 3 is 2.86 bits per heavy atom. The van der Waals surface area contributed by atoms with E-state index in [-0.39, 0.29) is 18.5 Å². The van der Waals surface area contributed by atoms with Crippen LogP contribution in [0.4, 0.5) is 5.82 Å². The molecule has 0 atom stereocenters. The fraction of sp³-hybridized carbons (Fsp3) is 0.444. The first-order valence-corrected chi connectivity index (χ1v) is 4.40. The van der Waals surface area contributed by atoms with Crippen molar-refractivity contribution in [1.29, 1.82) is 0 Å². The van der Waals surface area contributed by atoms with Gasteiger partial charge in [0.25, 0.3) is 0 Å². The van der Waals surface area contributed by atoms with Crippen LogP contribution in [0.5, 0.6) is 0 Å². The van der Waals surface area contributed by atoms with Crippen molar-refractivity contribution in [3.63, 3.8) is 0 Å². The Kier molecular flexibility index (Phi) is 4.13. The van der Waals surface area contributed by atoms with Crippen LogP contribution in [0.25, 0.3) is 0 Å². The smallest absolute Gasteiger partial charge is 0.126 e. The molecule has 1 aliphatic rings. The number of aromatic nitrogens is 1. The van der Waals surface area contributed by atoms with Crippen molar-refractivity contribution < 1.29 is 5.11 Å². The summed E-state index contributed by atoms with van der Waals surface area (Å²) in [4.78, 5) is 6.25. The van der Waals surface area contributed by atoms with Crippen molar-refractivity contribution in [2.75, 3.05) is 25.1 Å². The van der Waals surface area contributed by atoms with E-state index in [1.165, 1.54) is 0 Å². The van der Waals surface area contributed by atoms with Crippen molar-refractivity contribution in [1.82, 2.24) is 9.88 Å². The van der Waals surface area contributed by atoms with Crippen LogP contribution >= 0.6 is 12.4 Å². The van der Waals surface area contributed by atoms with E-state index in [1.807, 2.05) is 18.2 Å². The zero-order chi connectivity index (χ0) is 9.10. The second kappa shape index (κ2) is 5.14. The van der Waals surface area contributed by atoms with Gasteiger partial charge in [0.1, 0.15) is 5.82 Å². The van der Waals surface area contributed by atoms with Crippen LogP contribution in [0, 0.1) is 0 Å². The number of pyridine rings is 1. The van der Waals surface area contributed by atoms with E-state index in [2.05, 4.69) is 15.2 Å². The lowest BCUT2D eigenvalue weighted by Crippen LogP contribution is -2.52. The van der Waals surface area contributed by atoms with Gasteiger partial charge in [-0.3, -0.25) is 4.90 Å². The van der Waals surface area contributed by atoms with Gasteiger partial charge in [0.2, 0.25) is 0 Å². The Bertz CT molecular complexity index is 264. The molecule has 0 spiro atoms. The molecule has 0 aromatic carbocycles. The van der Waals surface area contributed by atoms with Crippen molar-refractivity contribution >= 4 is 18.2 Å². The molecule has 1 saturated heterocycles. The van der Waals surface area contributed by atoms with Crippen LogP contribution in [-0.4, -0.2) is 40.9 Å². The van der Waals surface area contributed by atoms with Crippen LogP contribution in [0.2, 0.25) is 0 Å². The molecule has 2 N–H and O–H groups in total. The summed E-state index contributed by atoms with van der Waals surface area (Å²) >= 11 is 0. The molecule has 0 aliphatic carbocycles. The van der Waals surface area contributed by atoms with Gasteiger partial charge in [0.05, 0.1) is 12.8 Å². The van der Waals surface area contributed by atoms with Gasteiger partial charge in [-0.25, -0.2) is 4.98 Å². The number of likely N-dealkylation sites (tertiary alicyclic amines) is 1. The zero-order valence-electron chi connectivity index (χ0n) is 7.76. The molecule has 1 aromatic heterocycles. The average Bonchev–Trinajstić information content (AvgIpc) is 2.12. The van der Waals surface area contributed by atoms with Gasteiger partial charge in [-0.05, 0) is 12.1 Å². The summed E-state index contributed by atoms with van der Waals surface area (Å²) in [7, 11) is 0. The number of β-amino-alcohol motifs (C(OH)–C–C–N with tert-alkyl or cyclic N) is 1. The summed E-state index contributed by atoms with van der Waals surface area (Å²) in [5.74, 6) is 0.879. The molecule has 1 fully saturated rings. The maximum Gasteiger partial charge on any atom is 0.126 e. The maximum atomic E-state index is 9.03. The average molecular weight is 216 g/mol. The monoisotopic (exact) mass is 215 g/mol. The molecule has 1 aromatic rings. The standard InChI is InChI=1S/C9H13N3O.ClH/c13-8-5-12(6-8)7-11-9-3-1-2-4-10-9;/h1-4,8,13H,5-7H2,(H,10,11);1H. The minimum absolute atomic E-state index is 0. The SMILES string of the molecule is Cl.OC1CN(CNc2ccccn2)C1. The van der Waals surface area contributed by atoms with Gasteiger partial charge in [0.15, 0.2) is 0 Å². The fourth-order valence-electron chi connectivity index (χ4n) is 1.33. The largest absolute Gasteiger partial charge is 0.390 e. The normalized spacial score (nSPS) is 16.9. The molecule has 2 heterocycles. The first-order valence-electron chi connectivity index (χ1n) is 4.40. The van der Waals surface area contributed by atoms with Crippen LogP contribution < -0.4 is 5.32 Å². The zero-order valence-corrected chi connectivity index (χ0v) is 8.57. The van der Waals surface area contributed by atoms with E-state index >= 15 is 0 Å². The highest BCUT2D eigenvalue weighted by Gasteiger charge is 2.23. The molecule has 5 heteroatoms. The lowest BCUT2D eigenvalue weighted by molar-refractivity contribution is 0.00707. The van der Waals surface area contributed by atoms with Crippen LogP contribution in [0.1, 0.15) is 0 Å². The number of halogens is 1. The van der Waals surface area contributed by atoms with Crippen molar-refractivity contribution in [3.05, 3.63) is 24.4 Å². The van der Waals surface area contributed by atoms with Gasteiger partial charge in [-0.2, -0.15) is 0 Å². The summed E-state index contributed by atoms with van der Waals surface area (Å²) < 4.78 is 0. The molecule has 14 heavy (non-hydrogen) atoms. The van der Waals surface area contributed by atoms with Crippen LogP contribution in [-0.2, 0) is 0 Å². The highest BCUT2D eigenvalue weighted by molar-refractivity contribution is 5.85. The molecular formula is C9H14ClN3O. The van der Waals surface area contributed by atoms with E-state index in [1.54, 1.807) is 6.20 Å². The summed E-state index contributed by atoms with van der Waals surface area (Å²) in [5, 5.41) is 12.2. The maximum absolute atomic E-state index is 9.03. The molecule has 78 valence electrons. The van der Waals surface area contributed by atoms with E-state index in [0.717, 1.165) is 25.6 Å². The first kappa shape index (κ1) is 11.2. The number of anilines is 1. The Morgan fingerprint density at radius 2 is 2.29 bits per heavy atom. The van der Waals surface area contributed by atoms with Crippen LogP contribution in [0.15, 0.2) is 24.4 Å². The molecule has 0 radical (unpaired) electrons. The lowest BCUT2D eigenvalue weighted by atomic mass is 10.2. The highest BCUT2D eigenvalue weighted by atomic mass is 35.5. The number of aliphatic hydroxyl groups is 1. The van der Waals surface area contributed by atoms with Gasteiger partial charge < -0.3 is 10.4 Å². The Labute approximate surface area is 89.4 Å². The molecule has 0 saturated carbocycles. The molecule has 2 rings (SSSR count).